The standard InChI is InChI=1S/C26H30O2/c1-27-25-15-5-3-4-6-16-12-18-14-24(26(16)28-2)22-10-9-21(22)23(25)13-17(11-15)19-7-8-20(18)19/h11-14,19-22H,3-10H2,1-2H3. The molecule has 0 N–H and O–H groups in total. The highest BCUT2D eigenvalue weighted by Gasteiger charge is 2.42. The van der Waals surface area contributed by atoms with E-state index in [1.165, 1.54) is 72.3 Å². The normalized spacial score (nSPS) is 29.4. The van der Waals surface area contributed by atoms with E-state index in [1.54, 1.807) is 11.1 Å². The predicted molar refractivity (Wildman–Crippen MR) is 112 cm³/mol. The van der Waals surface area contributed by atoms with E-state index in [-0.39, 0.29) is 0 Å². The maximum atomic E-state index is 6.05. The van der Waals surface area contributed by atoms with Crippen LogP contribution in [0.25, 0.3) is 0 Å². The first-order chi connectivity index (χ1) is 13.8. The van der Waals surface area contributed by atoms with Crippen molar-refractivity contribution in [3.8, 4) is 11.5 Å². The number of methoxy groups -OCH3 is 2. The second kappa shape index (κ2) is 6.27. The van der Waals surface area contributed by atoms with Gasteiger partial charge in [-0.3, -0.25) is 0 Å². The Bertz CT molecular complexity index is 866. The topological polar surface area (TPSA) is 18.5 Å². The zero-order valence-electron chi connectivity index (χ0n) is 17.1. The lowest BCUT2D eigenvalue weighted by Crippen LogP contribution is -2.28. The van der Waals surface area contributed by atoms with Crippen molar-refractivity contribution in [1.29, 1.82) is 0 Å². The van der Waals surface area contributed by atoms with Crippen LogP contribution in [0.1, 0.15) is 95.6 Å². The smallest absolute Gasteiger partial charge is 0.125 e. The molecular formula is C26H30O2. The van der Waals surface area contributed by atoms with Crippen LogP contribution in [0.15, 0.2) is 24.3 Å². The molecule has 28 heavy (non-hydrogen) atoms. The van der Waals surface area contributed by atoms with E-state index in [0.29, 0.717) is 23.7 Å². The molecule has 6 bridgehead atoms. The summed E-state index contributed by atoms with van der Waals surface area (Å²) in [7, 11) is 3.75. The van der Waals surface area contributed by atoms with Crippen LogP contribution in [-0.2, 0) is 12.8 Å². The minimum atomic E-state index is 0.571. The van der Waals surface area contributed by atoms with E-state index in [4.69, 9.17) is 9.47 Å². The largest absolute Gasteiger partial charge is 0.496 e. The molecule has 0 aromatic heterocycles. The van der Waals surface area contributed by atoms with Gasteiger partial charge in [-0.05, 0) is 108 Å². The molecule has 2 heteroatoms. The second-order valence-corrected chi connectivity index (χ2v) is 9.39. The summed E-state index contributed by atoms with van der Waals surface area (Å²) in [6.45, 7) is 0. The van der Waals surface area contributed by atoms with Crippen LogP contribution in [0.5, 0.6) is 11.5 Å². The summed E-state index contributed by atoms with van der Waals surface area (Å²) >= 11 is 0. The van der Waals surface area contributed by atoms with Crippen LogP contribution in [0, 0.1) is 0 Å². The highest BCUT2D eigenvalue weighted by Crippen LogP contribution is 2.59. The Morgan fingerprint density at radius 3 is 1.39 bits per heavy atom. The Labute approximate surface area is 168 Å². The van der Waals surface area contributed by atoms with Crippen LogP contribution in [0.4, 0.5) is 0 Å². The third-order valence-electron chi connectivity index (χ3n) is 8.19. The lowest BCUT2D eigenvalue weighted by molar-refractivity contribution is 0.304. The van der Waals surface area contributed by atoms with E-state index < -0.39 is 0 Å². The highest BCUT2D eigenvalue weighted by atomic mass is 16.5. The van der Waals surface area contributed by atoms with Gasteiger partial charge in [0.2, 0.25) is 0 Å². The van der Waals surface area contributed by atoms with E-state index in [0.717, 1.165) is 12.8 Å². The first kappa shape index (κ1) is 16.9. The van der Waals surface area contributed by atoms with Gasteiger partial charge in [0, 0.05) is 0 Å². The van der Waals surface area contributed by atoms with Gasteiger partial charge in [0.05, 0.1) is 14.2 Å². The fraction of sp³-hybridized carbons (Fsp3) is 0.538. The van der Waals surface area contributed by atoms with Crippen molar-refractivity contribution in [2.75, 3.05) is 14.2 Å². The zero-order valence-corrected chi connectivity index (χ0v) is 17.1. The SMILES string of the molecule is COc1c2cc3cc1C1CCC1c1cc(cc(c1OC)CCCC2)C1CCC31. The van der Waals surface area contributed by atoms with Crippen molar-refractivity contribution in [2.45, 2.75) is 75.0 Å². The molecule has 2 saturated carbocycles. The Kier molecular flexibility index (Phi) is 3.79. The molecule has 146 valence electrons. The third kappa shape index (κ3) is 2.27. The van der Waals surface area contributed by atoms with Gasteiger partial charge in [-0.25, -0.2) is 0 Å². The molecule has 0 saturated heterocycles. The molecule has 7 rings (SSSR count). The van der Waals surface area contributed by atoms with Crippen LogP contribution in [0.3, 0.4) is 0 Å². The fourth-order valence-electron chi connectivity index (χ4n) is 6.50. The summed E-state index contributed by atoms with van der Waals surface area (Å²) in [4.78, 5) is 0. The molecule has 0 spiro atoms. The van der Waals surface area contributed by atoms with E-state index in [9.17, 15) is 0 Å². The van der Waals surface area contributed by atoms with Gasteiger partial charge in [0.15, 0.2) is 0 Å². The monoisotopic (exact) mass is 374 g/mol. The number of benzene rings is 2. The Hall–Kier alpha value is -1.96. The second-order valence-electron chi connectivity index (χ2n) is 9.39. The molecule has 0 radical (unpaired) electrons. The summed E-state index contributed by atoms with van der Waals surface area (Å²) in [6.07, 6.45) is 9.86. The summed E-state index contributed by atoms with van der Waals surface area (Å²) in [5.41, 5.74) is 9.04. The van der Waals surface area contributed by atoms with Crippen molar-refractivity contribution >= 4 is 0 Å². The van der Waals surface area contributed by atoms with Gasteiger partial charge in [0.1, 0.15) is 11.5 Å². The fourth-order valence-corrected chi connectivity index (χ4v) is 6.50. The van der Waals surface area contributed by atoms with Gasteiger partial charge >= 0.3 is 0 Å². The summed E-state index contributed by atoms with van der Waals surface area (Å²) in [6, 6.07) is 10.1. The van der Waals surface area contributed by atoms with Crippen LogP contribution < -0.4 is 9.47 Å². The van der Waals surface area contributed by atoms with E-state index >= 15 is 0 Å². The van der Waals surface area contributed by atoms with Gasteiger partial charge in [-0.1, -0.05) is 24.3 Å². The summed E-state index contributed by atoms with van der Waals surface area (Å²) in [5, 5.41) is 0. The van der Waals surface area contributed by atoms with Crippen molar-refractivity contribution < 1.29 is 9.47 Å². The van der Waals surface area contributed by atoms with Crippen LogP contribution >= 0.6 is 0 Å². The lowest BCUT2D eigenvalue weighted by Gasteiger charge is -2.44. The van der Waals surface area contributed by atoms with Gasteiger partial charge in [-0.2, -0.15) is 0 Å². The molecule has 2 fully saturated rings. The van der Waals surface area contributed by atoms with E-state index in [1.807, 2.05) is 14.2 Å². The molecule has 4 unspecified atom stereocenters. The number of aryl methyl sites for hydroxylation is 2. The highest BCUT2D eigenvalue weighted by molar-refractivity contribution is 5.56. The molecule has 2 nitrogen and oxygen atoms in total. The van der Waals surface area contributed by atoms with Gasteiger partial charge < -0.3 is 9.47 Å². The van der Waals surface area contributed by atoms with Crippen LogP contribution in [-0.4, -0.2) is 14.2 Å². The zero-order chi connectivity index (χ0) is 18.8. The lowest BCUT2D eigenvalue weighted by atomic mass is 9.60. The minimum Gasteiger partial charge on any atom is -0.496 e. The van der Waals surface area contributed by atoms with Crippen molar-refractivity contribution in [1.82, 2.24) is 0 Å². The minimum absolute atomic E-state index is 0.571. The van der Waals surface area contributed by atoms with Crippen molar-refractivity contribution in [3.05, 3.63) is 57.6 Å². The van der Waals surface area contributed by atoms with Gasteiger partial charge in [-0.15, -0.1) is 0 Å². The number of hydrogen-bond donors (Lipinski definition) is 0. The summed E-state index contributed by atoms with van der Waals surface area (Å²) in [5.74, 6) is 4.86. The number of fused-ring (bicyclic) bond motifs is 3. The third-order valence-corrected chi connectivity index (χ3v) is 8.19. The molecule has 5 aliphatic rings. The quantitative estimate of drug-likeness (QED) is 0.621. The molecule has 5 aliphatic carbocycles. The van der Waals surface area contributed by atoms with Gasteiger partial charge in [0.25, 0.3) is 0 Å². The Morgan fingerprint density at radius 2 is 1.04 bits per heavy atom. The van der Waals surface area contributed by atoms with E-state index in [2.05, 4.69) is 24.3 Å². The number of rotatable bonds is 2. The average Bonchev–Trinajstić information content (AvgIpc) is 2.62. The molecule has 0 heterocycles. The first-order valence-electron chi connectivity index (χ1n) is 11.2. The maximum absolute atomic E-state index is 6.05. The Balaban J connectivity index is 1.66. The van der Waals surface area contributed by atoms with Crippen molar-refractivity contribution in [3.63, 3.8) is 0 Å². The number of ether oxygens (including phenoxy) is 2. The molecule has 0 aliphatic heterocycles. The Morgan fingerprint density at radius 1 is 0.607 bits per heavy atom. The van der Waals surface area contributed by atoms with Crippen molar-refractivity contribution in [2.24, 2.45) is 0 Å². The average molecular weight is 375 g/mol. The predicted octanol–water partition coefficient (Wildman–Crippen LogP) is 6.22. The molecule has 0 amide bonds. The van der Waals surface area contributed by atoms with Crippen LogP contribution in [0.2, 0.25) is 0 Å². The molecule has 2 aromatic rings. The first-order valence-corrected chi connectivity index (χ1v) is 11.2. The molecular weight excluding hydrogens is 344 g/mol. The maximum Gasteiger partial charge on any atom is 0.125 e. The number of hydrogen-bond acceptors (Lipinski definition) is 2. The summed E-state index contributed by atoms with van der Waals surface area (Å²) < 4.78 is 12.1. The molecule has 2 aromatic carbocycles. The molecule has 4 atom stereocenters.